The summed E-state index contributed by atoms with van der Waals surface area (Å²) in [6, 6.07) is 13.8. The Morgan fingerprint density at radius 3 is 2.82 bits per heavy atom. The number of carbonyl (C=O) groups excluding carboxylic acids is 1. The van der Waals surface area contributed by atoms with E-state index in [9.17, 15) is 14.9 Å². The van der Waals surface area contributed by atoms with Crippen LogP contribution in [0.4, 0.5) is 17.1 Å². The van der Waals surface area contributed by atoms with Crippen LogP contribution in [0.25, 0.3) is 0 Å². The Morgan fingerprint density at radius 1 is 1.21 bits per heavy atom. The van der Waals surface area contributed by atoms with Crippen LogP contribution in [0.15, 0.2) is 42.5 Å². The van der Waals surface area contributed by atoms with Crippen molar-refractivity contribution < 1.29 is 9.72 Å². The number of amides is 1. The highest BCUT2D eigenvalue weighted by molar-refractivity contribution is 5.95. The number of nitro benzene ring substituents is 1. The van der Waals surface area contributed by atoms with E-state index in [2.05, 4.69) is 27.7 Å². The summed E-state index contributed by atoms with van der Waals surface area (Å²) in [5, 5.41) is 17.8. The molecule has 4 rings (SSSR count). The Kier molecular flexibility index (Phi) is 5.25. The largest absolute Gasteiger partial charge is 0.375 e. The summed E-state index contributed by atoms with van der Waals surface area (Å²) < 4.78 is 0. The van der Waals surface area contributed by atoms with E-state index in [0.29, 0.717) is 24.2 Å². The lowest BCUT2D eigenvalue weighted by Crippen LogP contribution is -2.41. The normalized spacial score (nSPS) is 19.6. The molecule has 1 atom stereocenters. The number of rotatable bonds is 5. The molecule has 0 spiro atoms. The highest BCUT2D eigenvalue weighted by Crippen LogP contribution is 2.35. The molecule has 2 heterocycles. The van der Waals surface area contributed by atoms with Gasteiger partial charge in [0.15, 0.2) is 0 Å². The Labute approximate surface area is 163 Å². The maximum absolute atomic E-state index is 11.7. The zero-order chi connectivity index (χ0) is 19.5. The van der Waals surface area contributed by atoms with Crippen LogP contribution < -0.4 is 10.6 Å². The van der Waals surface area contributed by atoms with Gasteiger partial charge in [-0.25, -0.2) is 0 Å². The molecule has 7 nitrogen and oxygen atoms in total. The molecule has 28 heavy (non-hydrogen) atoms. The third-order valence-electron chi connectivity index (χ3n) is 5.43. The lowest BCUT2D eigenvalue weighted by atomic mass is 10.00. The van der Waals surface area contributed by atoms with Crippen molar-refractivity contribution in [2.24, 2.45) is 0 Å². The molecule has 0 aliphatic carbocycles. The van der Waals surface area contributed by atoms with Crippen LogP contribution in [0.5, 0.6) is 0 Å². The van der Waals surface area contributed by atoms with Gasteiger partial charge in [-0.15, -0.1) is 0 Å². The zero-order valence-electron chi connectivity index (χ0n) is 15.7. The Morgan fingerprint density at radius 2 is 2.04 bits per heavy atom. The number of carbonyl (C=O) groups is 1. The minimum absolute atomic E-state index is 0.0426. The first kappa shape index (κ1) is 18.4. The minimum atomic E-state index is -0.344. The second-order valence-electron chi connectivity index (χ2n) is 7.54. The number of likely N-dealkylation sites (tertiary alicyclic amines) is 1. The molecule has 2 aromatic rings. The summed E-state index contributed by atoms with van der Waals surface area (Å²) in [5.74, 6) is -0.0426. The first-order valence-electron chi connectivity index (χ1n) is 9.72. The molecule has 7 heteroatoms. The van der Waals surface area contributed by atoms with E-state index in [1.54, 1.807) is 12.1 Å². The van der Waals surface area contributed by atoms with E-state index in [4.69, 9.17) is 0 Å². The Balaban J connectivity index is 1.50. The lowest BCUT2D eigenvalue weighted by molar-refractivity contribution is -0.384. The lowest BCUT2D eigenvalue weighted by Gasteiger charge is -2.33. The number of nitro groups is 1. The van der Waals surface area contributed by atoms with Crippen molar-refractivity contribution in [2.45, 2.75) is 38.3 Å². The van der Waals surface area contributed by atoms with Crippen molar-refractivity contribution in [3.63, 3.8) is 0 Å². The van der Waals surface area contributed by atoms with Crippen LogP contribution in [0.3, 0.4) is 0 Å². The van der Waals surface area contributed by atoms with E-state index in [-0.39, 0.29) is 22.6 Å². The van der Waals surface area contributed by atoms with Crippen LogP contribution in [0.1, 0.15) is 30.4 Å². The molecule has 0 aromatic heterocycles. The van der Waals surface area contributed by atoms with Crippen LogP contribution in [-0.2, 0) is 17.8 Å². The molecule has 1 fully saturated rings. The quantitative estimate of drug-likeness (QED) is 0.612. The maximum atomic E-state index is 11.7. The van der Waals surface area contributed by atoms with E-state index in [0.717, 1.165) is 38.0 Å². The molecule has 2 aliphatic rings. The molecule has 2 aromatic carbocycles. The van der Waals surface area contributed by atoms with Crippen molar-refractivity contribution in [1.29, 1.82) is 0 Å². The molecular weight excluding hydrogens is 356 g/mol. The monoisotopic (exact) mass is 380 g/mol. The van der Waals surface area contributed by atoms with Crippen molar-refractivity contribution in [2.75, 3.05) is 23.7 Å². The number of aryl methyl sites for hydroxylation is 1. The zero-order valence-corrected chi connectivity index (χ0v) is 15.7. The van der Waals surface area contributed by atoms with Crippen molar-refractivity contribution >= 4 is 23.0 Å². The molecule has 1 unspecified atom stereocenters. The van der Waals surface area contributed by atoms with E-state index in [1.165, 1.54) is 5.56 Å². The van der Waals surface area contributed by atoms with Crippen LogP contribution >= 0.6 is 0 Å². The first-order chi connectivity index (χ1) is 13.6. The fourth-order valence-electron chi connectivity index (χ4n) is 4.06. The highest BCUT2D eigenvalue weighted by Gasteiger charge is 2.26. The molecule has 2 aliphatic heterocycles. The molecule has 146 valence electrons. The summed E-state index contributed by atoms with van der Waals surface area (Å²) in [4.78, 5) is 25.3. The number of fused-ring (bicyclic) bond motifs is 1. The Bertz CT molecular complexity index is 885. The van der Waals surface area contributed by atoms with Gasteiger partial charge >= 0.3 is 0 Å². The fraction of sp³-hybridized carbons (Fsp3) is 0.381. The second-order valence-corrected chi connectivity index (χ2v) is 7.54. The number of nitrogens with zero attached hydrogens (tertiary/aromatic N) is 2. The van der Waals surface area contributed by atoms with Crippen LogP contribution in [0.2, 0.25) is 0 Å². The van der Waals surface area contributed by atoms with Crippen molar-refractivity contribution in [3.8, 4) is 0 Å². The summed E-state index contributed by atoms with van der Waals surface area (Å²) in [7, 11) is 0. The number of hydrogen-bond donors (Lipinski definition) is 2. The molecule has 1 saturated heterocycles. The maximum Gasteiger partial charge on any atom is 0.292 e. The van der Waals surface area contributed by atoms with Gasteiger partial charge in [-0.1, -0.05) is 30.3 Å². The first-order valence-corrected chi connectivity index (χ1v) is 9.72. The Hall–Kier alpha value is -2.93. The van der Waals surface area contributed by atoms with Gasteiger partial charge in [-0.2, -0.15) is 0 Å². The van der Waals surface area contributed by atoms with Crippen LogP contribution in [-0.4, -0.2) is 34.9 Å². The number of nitrogens with one attached hydrogen (secondary N) is 2. The van der Waals surface area contributed by atoms with Gasteiger partial charge in [0.05, 0.1) is 4.92 Å². The van der Waals surface area contributed by atoms with Gasteiger partial charge in [-0.05, 0) is 43.0 Å². The molecule has 1 amide bonds. The standard InChI is InChI=1S/C21H24N4O3/c26-21-9-8-16-11-20(25(27)28)19(12-18(16)23-21)22-17-7-4-10-24(14-17)13-15-5-2-1-3-6-15/h1-3,5-6,11-12,17,22H,4,7-10,13-14H2,(H,23,26). The summed E-state index contributed by atoms with van der Waals surface area (Å²) in [5.41, 5.74) is 3.34. The van der Waals surface area contributed by atoms with Crippen LogP contribution in [0, 0.1) is 10.1 Å². The predicted molar refractivity (Wildman–Crippen MR) is 108 cm³/mol. The third-order valence-corrected chi connectivity index (χ3v) is 5.43. The van der Waals surface area contributed by atoms with E-state index >= 15 is 0 Å². The summed E-state index contributed by atoms with van der Waals surface area (Å²) in [6.07, 6.45) is 2.91. The average molecular weight is 380 g/mol. The fourth-order valence-corrected chi connectivity index (χ4v) is 4.06. The number of hydrogen-bond acceptors (Lipinski definition) is 5. The SMILES string of the molecule is O=C1CCc2cc([N+](=O)[O-])c(NC3CCCN(Cc4ccccc4)C3)cc2N1. The smallest absolute Gasteiger partial charge is 0.292 e. The molecule has 0 radical (unpaired) electrons. The van der Waals surface area contributed by atoms with Gasteiger partial charge in [0, 0.05) is 37.3 Å². The number of anilines is 2. The molecule has 0 saturated carbocycles. The van der Waals surface area contributed by atoms with Gasteiger partial charge in [-0.3, -0.25) is 19.8 Å². The minimum Gasteiger partial charge on any atom is -0.375 e. The summed E-state index contributed by atoms with van der Waals surface area (Å²) in [6.45, 7) is 2.73. The average Bonchev–Trinajstić information content (AvgIpc) is 2.68. The van der Waals surface area contributed by atoms with Crippen molar-refractivity contribution in [3.05, 3.63) is 63.7 Å². The third kappa shape index (κ3) is 4.14. The topological polar surface area (TPSA) is 87.5 Å². The number of piperidine rings is 1. The van der Waals surface area contributed by atoms with Gasteiger partial charge in [0.25, 0.3) is 5.69 Å². The molecular formula is C21H24N4O3. The predicted octanol–water partition coefficient (Wildman–Crippen LogP) is 3.56. The van der Waals surface area contributed by atoms with Gasteiger partial charge in [0.1, 0.15) is 5.69 Å². The summed E-state index contributed by atoms with van der Waals surface area (Å²) >= 11 is 0. The van der Waals surface area contributed by atoms with Gasteiger partial charge < -0.3 is 10.6 Å². The van der Waals surface area contributed by atoms with Crippen molar-refractivity contribution in [1.82, 2.24) is 4.90 Å². The number of benzene rings is 2. The second kappa shape index (κ2) is 7.98. The molecule has 0 bridgehead atoms. The van der Waals surface area contributed by atoms with Gasteiger partial charge in [0.2, 0.25) is 5.91 Å². The van der Waals surface area contributed by atoms with E-state index in [1.807, 2.05) is 18.2 Å². The molecule has 2 N–H and O–H groups in total. The van der Waals surface area contributed by atoms with E-state index < -0.39 is 0 Å². The highest BCUT2D eigenvalue weighted by atomic mass is 16.6.